The van der Waals surface area contributed by atoms with Gasteiger partial charge in [-0.15, -0.1) is 0 Å². The lowest BCUT2D eigenvalue weighted by Gasteiger charge is -2.17. The normalized spacial score (nSPS) is 12.1. The number of para-hydroxylation sites is 1. The van der Waals surface area contributed by atoms with Crippen LogP contribution in [0.3, 0.4) is 0 Å². The summed E-state index contributed by atoms with van der Waals surface area (Å²) in [5.74, 6) is 2.54. The second-order valence-corrected chi connectivity index (χ2v) is 11.6. The number of nitrogens with zero attached hydrogens (tertiary/aromatic N) is 1. The SMILES string of the molecule is Cc1cc(-c2cc3c(=O)n(C)cc(-c4cc(CCNS(=O)[O-])ccc4Oc4c(C)cccc4C)c3o2)cc(C)c1OCCO. The van der Waals surface area contributed by atoms with Crippen molar-refractivity contribution in [1.82, 2.24) is 9.29 Å². The molecule has 0 radical (unpaired) electrons. The standard InChI is InChI=1S/C34H36N2O7S/c1-20-7-6-8-21(2)32(20)42-29-10-9-24(11-12-35-44(39)40)17-26(29)28-19-36(5)34(38)27-18-30(43-33(27)28)25-15-22(3)31(23(4)16-25)41-14-13-37/h6-10,15-19,35,37H,11-14H2,1-5H3,(H,39,40)/p-1. The van der Waals surface area contributed by atoms with E-state index in [1.807, 2.05) is 76.2 Å². The van der Waals surface area contributed by atoms with Crippen molar-refractivity contribution in [1.29, 1.82) is 0 Å². The van der Waals surface area contributed by atoms with Crippen molar-refractivity contribution in [3.8, 4) is 39.7 Å². The van der Waals surface area contributed by atoms with Crippen LogP contribution in [-0.4, -0.2) is 38.2 Å². The van der Waals surface area contributed by atoms with E-state index in [1.54, 1.807) is 19.3 Å². The van der Waals surface area contributed by atoms with Crippen molar-refractivity contribution in [2.24, 2.45) is 7.05 Å². The van der Waals surface area contributed by atoms with E-state index in [1.165, 1.54) is 4.57 Å². The first-order chi connectivity index (χ1) is 21.1. The zero-order valence-electron chi connectivity index (χ0n) is 25.4. The van der Waals surface area contributed by atoms with Crippen molar-refractivity contribution < 1.29 is 27.8 Å². The molecule has 5 aromatic rings. The van der Waals surface area contributed by atoms with E-state index in [2.05, 4.69) is 4.72 Å². The summed E-state index contributed by atoms with van der Waals surface area (Å²) in [6.07, 6.45) is 2.19. The number of pyridine rings is 1. The van der Waals surface area contributed by atoms with Gasteiger partial charge >= 0.3 is 0 Å². The van der Waals surface area contributed by atoms with E-state index >= 15 is 0 Å². The minimum absolute atomic E-state index is 0.0821. The van der Waals surface area contributed by atoms with E-state index in [4.69, 9.17) is 13.9 Å². The summed E-state index contributed by atoms with van der Waals surface area (Å²) in [5.41, 5.74) is 6.96. The molecule has 0 fully saturated rings. The van der Waals surface area contributed by atoms with Crippen molar-refractivity contribution in [3.05, 3.63) is 99.0 Å². The molecule has 5 rings (SSSR count). The summed E-state index contributed by atoms with van der Waals surface area (Å²) in [4.78, 5) is 13.4. The summed E-state index contributed by atoms with van der Waals surface area (Å²) in [7, 11) is 1.70. The number of aliphatic hydroxyl groups excluding tert-OH is 1. The molecular weight excluding hydrogens is 580 g/mol. The number of benzene rings is 3. The first kappa shape index (κ1) is 31.2. The highest BCUT2D eigenvalue weighted by Gasteiger charge is 2.21. The Labute approximate surface area is 258 Å². The Morgan fingerprint density at radius 3 is 2.32 bits per heavy atom. The van der Waals surface area contributed by atoms with Gasteiger partial charge in [-0.2, -0.15) is 0 Å². The Kier molecular flexibility index (Phi) is 9.36. The fraction of sp³-hybridized carbons (Fsp3) is 0.265. The molecule has 2 aromatic heterocycles. The van der Waals surface area contributed by atoms with Gasteiger partial charge < -0.3 is 28.1 Å². The number of fused-ring (bicyclic) bond motifs is 1. The molecule has 230 valence electrons. The van der Waals surface area contributed by atoms with Crippen molar-refractivity contribution in [2.75, 3.05) is 19.8 Å². The second kappa shape index (κ2) is 13.2. The third-order valence-corrected chi connectivity index (χ3v) is 7.96. The smallest absolute Gasteiger partial charge is 0.261 e. The van der Waals surface area contributed by atoms with E-state index in [0.29, 0.717) is 45.8 Å². The van der Waals surface area contributed by atoms with Crippen LogP contribution in [0.2, 0.25) is 0 Å². The number of ether oxygens (including phenoxy) is 2. The monoisotopic (exact) mass is 615 g/mol. The van der Waals surface area contributed by atoms with Gasteiger partial charge in [0.05, 0.1) is 12.0 Å². The molecule has 44 heavy (non-hydrogen) atoms. The van der Waals surface area contributed by atoms with Gasteiger partial charge in [0.1, 0.15) is 35.2 Å². The summed E-state index contributed by atoms with van der Waals surface area (Å²) >= 11 is -2.36. The summed E-state index contributed by atoms with van der Waals surface area (Å²) in [6, 6.07) is 17.3. The summed E-state index contributed by atoms with van der Waals surface area (Å²) in [5, 5.41) is 9.61. The molecule has 2 heterocycles. The van der Waals surface area contributed by atoms with Crippen LogP contribution in [0.25, 0.3) is 33.4 Å². The number of hydrogen-bond acceptors (Lipinski definition) is 7. The van der Waals surface area contributed by atoms with Crippen LogP contribution in [-0.2, 0) is 24.7 Å². The number of rotatable bonds is 11. The van der Waals surface area contributed by atoms with Crippen LogP contribution in [0.1, 0.15) is 27.8 Å². The fourth-order valence-corrected chi connectivity index (χ4v) is 5.70. The molecule has 3 aromatic carbocycles. The second-order valence-electron chi connectivity index (χ2n) is 10.9. The van der Waals surface area contributed by atoms with Gasteiger partial charge in [-0.25, -0.2) is 4.72 Å². The first-order valence-electron chi connectivity index (χ1n) is 14.3. The summed E-state index contributed by atoms with van der Waals surface area (Å²) in [6.45, 7) is 8.17. The van der Waals surface area contributed by atoms with Gasteiger partial charge in [0.2, 0.25) is 0 Å². The Morgan fingerprint density at radius 2 is 1.66 bits per heavy atom. The average molecular weight is 616 g/mol. The Hall–Kier alpha value is -4.22. The molecule has 0 saturated heterocycles. The molecular formula is C34H35N2O7S-. The zero-order valence-corrected chi connectivity index (χ0v) is 26.2. The van der Waals surface area contributed by atoms with Gasteiger partial charge in [-0.1, -0.05) is 24.3 Å². The molecule has 1 atom stereocenters. The van der Waals surface area contributed by atoms with Crippen LogP contribution >= 0.6 is 0 Å². The number of furan rings is 1. The predicted molar refractivity (Wildman–Crippen MR) is 171 cm³/mol. The van der Waals surface area contributed by atoms with Gasteiger partial charge in [0.15, 0.2) is 0 Å². The lowest BCUT2D eigenvalue weighted by Crippen LogP contribution is -2.19. The number of nitrogens with one attached hydrogen (secondary N) is 1. The summed E-state index contributed by atoms with van der Waals surface area (Å²) < 4.78 is 44.8. The Balaban J connectivity index is 1.68. The van der Waals surface area contributed by atoms with E-state index in [0.717, 1.165) is 39.1 Å². The molecule has 10 heteroatoms. The molecule has 9 nitrogen and oxygen atoms in total. The van der Waals surface area contributed by atoms with Gasteiger partial charge in [-0.05, 0) is 92.3 Å². The molecule has 0 aliphatic heterocycles. The van der Waals surface area contributed by atoms with E-state index < -0.39 is 11.3 Å². The van der Waals surface area contributed by atoms with Crippen molar-refractivity contribution >= 4 is 22.2 Å². The lowest BCUT2D eigenvalue weighted by atomic mass is 10.00. The third-order valence-electron chi connectivity index (χ3n) is 7.52. The van der Waals surface area contributed by atoms with Crippen molar-refractivity contribution in [3.63, 3.8) is 0 Å². The Bertz CT molecular complexity index is 1880. The molecule has 0 aliphatic rings. The van der Waals surface area contributed by atoms with Crippen molar-refractivity contribution in [2.45, 2.75) is 34.1 Å². The Morgan fingerprint density at radius 1 is 0.955 bits per heavy atom. The minimum atomic E-state index is -2.36. The predicted octanol–water partition coefficient (Wildman–Crippen LogP) is 5.79. The maximum absolute atomic E-state index is 13.4. The van der Waals surface area contributed by atoms with Crippen LogP contribution in [0.15, 0.2) is 70.0 Å². The van der Waals surface area contributed by atoms with Crippen LogP contribution in [0.4, 0.5) is 0 Å². The highest BCUT2D eigenvalue weighted by Crippen LogP contribution is 2.41. The maximum atomic E-state index is 13.4. The molecule has 0 saturated carbocycles. The maximum Gasteiger partial charge on any atom is 0.261 e. The molecule has 0 bridgehead atoms. The third kappa shape index (κ3) is 6.48. The van der Waals surface area contributed by atoms with Crippen LogP contribution < -0.4 is 19.8 Å². The van der Waals surface area contributed by atoms with Crippen LogP contribution in [0, 0.1) is 27.7 Å². The first-order valence-corrected chi connectivity index (χ1v) is 15.3. The molecule has 0 spiro atoms. The van der Waals surface area contributed by atoms with Gasteiger partial charge in [-0.3, -0.25) is 9.00 Å². The number of aryl methyl sites for hydroxylation is 5. The topological polar surface area (TPSA) is 126 Å². The van der Waals surface area contributed by atoms with Gasteiger partial charge in [0.25, 0.3) is 5.56 Å². The largest absolute Gasteiger partial charge is 0.760 e. The average Bonchev–Trinajstić information content (AvgIpc) is 3.43. The highest BCUT2D eigenvalue weighted by atomic mass is 32.2. The van der Waals surface area contributed by atoms with E-state index in [9.17, 15) is 18.7 Å². The molecule has 1 unspecified atom stereocenters. The van der Waals surface area contributed by atoms with Gasteiger partial charge in [0, 0.05) is 47.7 Å². The highest BCUT2D eigenvalue weighted by molar-refractivity contribution is 7.77. The lowest BCUT2D eigenvalue weighted by molar-refractivity contribution is 0.200. The van der Waals surface area contributed by atoms with Crippen LogP contribution in [0.5, 0.6) is 17.2 Å². The number of aromatic nitrogens is 1. The molecule has 2 N–H and O–H groups in total. The van der Waals surface area contributed by atoms with E-state index in [-0.39, 0.29) is 25.3 Å². The zero-order chi connectivity index (χ0) is 31.5. The molecule has 0 aliphatic carbocycles. The number of hydrogen-bond donors (Lipinski definition) is 2. The fourth-order valence-electron chi connectivity index (χ4n) is 5.43. The number of aliphatic hydroxyl groups is 1. The molecule has 0 amide bonds. The minimum Gasteiger partial charge on any atom is -0.760 e. The quantitative estimate of drug-likeness (QED) is 0.180.